The number of rotatable bonds is 6. The number of benzene rings is 1. The normalized spacial score (nSPS) is 18.4. The smallest absolute Gasteiger partial charge is 0.368 e. The van der Waals surface area contributed by atoms with Crippen molar-refractivity contribution in [2.75, 3.05) is 13.2 Å². The van der Waals surface area contributed by atoms with Crippen LogP contribution in [-0.4, -0.2) is 45.0 Å². The second kappa shape index (κ2) is 9.61. The second-order valence-corrected chi connectivity index (χ2v) is 8.39. The Hall–Kier alpha value is -3.54. The largest absolute Gasteiger partial charge is 0.396 e. The molecule has 0 bridgehead atoms. The van der Waals surface area contributed by atoms with Crippen molar-refractivity contribution in [3.63, 3.8) is 0 Å². The molecule has 0 spiro atoms. The third kappa shape index (κ3) is 5.42. The van der Waals surface area contributed by atoms with Gasteiger partial charge in [-0.1, -0.05) is 12.1 Å². The fourth-order valence-electron chi connectivity index (χ4n) is 4.16. The van der Waals surface area contributed by atoms with Crippen LogP contribution in [0.1, 0.15) is 46.7 Å². The van der Waals surface area contributed by atoms with Crippen molar-refractivity contribution in [3.8, 4) is 5.69 Å². The van der Waals surface area contributed by atoms with E-state index in [0.717, 1.165) is 23.0 Å². The van der Waals surface area contributed by atoms with Crippen molar-refractivity contribution < 1.29 is 27.1 Å². The molecule has 3 aromatic rings. The summed E-state index contributed by atoms with van der Waals surface area (Å²) < 4.78 is 59.0. The van der Waals surface area contributed by atoms with E-state index in [0.29, 0.717) is 18.7 Å². The van der Waals surface area contributed by atoms with Crippen LogP contribution in [0.15, 0.2) is 41.3 Å². The van der Waals surface area contributed by atoms with Crippen molar-refractivity contribution in [2.45, 2.75) is 44.4 Å². The van der Waals surface area contributed by atoms with Crippen LogP contribution in [0.5, 0.6) is 0 Å². The Bertz CT molecular complexity index is 1260. The number of aryl methyl sites for hydroxylation is 1. The molecule has 1 amide bonds. The van der Waals surface area contributed by atoms with Gasteiger partial charge in [-0.2, -0.15) is 18.3 Å². The zero-order chi connectivity index (χ0) is 25.2. The molecule has 2 aromatic heterocycles. The van der Waals surface area contributed by atoms with E-state index >= 15 is 0 Å². The van der Waals surface area contributed by atoms with Gasteiger partial charge in [-0.3, -0.25) is 9.78 Å². The summed E-state index contributed by atoms with van der Waals surface area (Å²) in [5, 5.41) is 8.27. The number of amides is 1. The van der Waals surface area contributed by atoms with Crippen molar-refractivity contribution in [1.29, 1.82) is 0 Å². The van der Waals surface area contributed by atoms with Crippen LogP contribution in [0.2, 0.25) is 0 Å². The van der Waals surface area contributed by atoms with Crippen LogP contribution in [0.25, 0.3) is 5.69 Å². The molecule has 8 nitrogen and oxygen atoms in total. The SMILES string of the molecule is Cc1ncc(-n2c(CC(F)(F)F)n[nH]c2=O)cc1C(=O)NCC1(c2ccc(F)cc2)CCCCO1. The van der Waals surface area contributed by atoms with Crippen LogP contribution >= 0.6 is 0 Å². The zero-order valence-electron chi connectivity index (χ0n) is 18.8. The summed E-state index contributed by atoms with van der Waals surface area (Å²) in [5.74, 6) is -1.48. The number of aromatic amines is 1. The number of pyridine rings is 1. The van der Waals surface area contributed by atoms with Gasteiger partial charge in [0.2, 0.25) is 0 Å². The molecule has 1 saturated heterocycles. The number of nitrogens with zero attached hydrogens (tertiary/aromatic N) is 3. The molecule has 0 saturated carbocycles. The lowest BCUT2D eigenvalue weighted by atomic mass is 9.86. The van der Waals surface area contributed by atoms with Gasteiger partial charge >= 0.3 is 11.9 Å². The fraction of sp³-hybridized carbons (Fsp3) is 0.391. The van der Waals surface area contributed by atoms with Crippen LogP contribution < -0.4 is 11.0 Å². The van der Waals surface area contributed by atoms with E-state index in [1.54, 1.807) is 19.1 Å². The summed E-state index contributed by atoms with van der Waals surface area (Å²) in [6.45, 7) is 2.14. The number of ether oxygens (including phenoxy) is 1. The van der Waals surface area contributed by atoms with Crippen LogP contribution in [0.3, 0.4) is 0 Å². The summed E-state index contributed by atoms with van der Waals surface area (Å²) in [5.41, 5.74) is -0.626. The Morgan fingerprint density at radius 1 is 1.26 bits per heavy atom. The highest BCUT2D eigenvalue weighted by atomic mass is 19.4. The van der Waals surface area contributed by atoms with E-state index < -0.39 is 35.6 Å². The summed E-state index contributed by atoms with van der Waals surface area (Å²) >= 11 is 0. The van der Waals surface area contributed by atoms with Gasteiger partial charge in [0, 0.05) is 6.61 Å². The number of hydrogen-bond donors (Lipinski definition) is 2. The molecule has 0 radical (unpaired) electrons. The molecule has 1 unspecified atom stereocenters. The van der Waals surface area contributed by atoms with Gasteiger partial charge in [0.25, 0.3) is 5.91 Å². The first kappa shape index (κ1) is 24.6. The lowest BCUT2D eigenvalue weighted by Gasteiger charge is -2.38. The molecule has 1 aliphatic heterocycles. The molecule has 186 valence electrons. The maximum absolute atomic E-state index is 13.4. The third-order valence-corrected chi connectivity index (χ3v) is 5.93. The third-order valence-electron chi connectivity index (χ3n) is 5.93. The molecule has 1 atom stereocenters. The molecule has 4 rings (SSSR count). The molecular formula is C23H23F4N5O3. The summed E-state index contributed by atoms with van der Waals surface area (Å²) in [7, 11) is 0. The molecule has 35 heavy (non-hydrogen) atoms. The number of nitrogens with one attached hydrogen (secondary N) is 2. The number of alkyl halides is 3. The number of carbonyl (C=O) groups excluding carboxylic acids is 1. The van der Waals surface area contributed by atoms with Crippen LogP contribution in [-0.2, 0) is 16.8 Å². The molecule has 1 fully saturated rings. The minimum Gasteiger partial charge on any atom is -0.368 e. The average Bonchev–Trinajstić information content (AvgIpc) is 3.17. The topological polar surface area (TPSA) is 102 Å². The Kier molecular flexibility index (Phi) is 6.75. The van der Waals surface area contributed by atoms with Gasteiger partial charge in [-0.25, -0.2) is 18.9 Å². The highest BCUT2D eigenvalue weighted by Crippen LogP contribution is 2.35. The first-order valence-corrected chi connectivity index (χ1v) is 11.0. The van der Waals surface area contributed by atoms with Gasteiger partial charge in [0.1, 0.15) is 23.7 Å². The lowest BCUT2D eigenvalue weighted by Crippen LogP contribution is -2.45. The van der Waals surface area contributed by atoms with Crippen molar-refractivity contribution >= 4 is 5.91 Å². The highest BCUT2D eigenvalue weighted by molar-refractivity contribution is 5.95. The minimum atomic E-state index is -4.59. The van der Waals surface area contributed by atoms with Crippen molar-refractivity contribution in [3.05, 3.63) is 75.5 Å². The molecule has 2 N–H and O–H groups in total. The molecule has 12 heteroatoms. The van der Waals surface area contributed by atoms with Crippen LogP contribution in [0.4, 0.5) is 17.6 Å². The van der Waals surface area contributed by atoms with E-state index in [2.05, 4.69) is 15.4 Å². The van der Waals surface area contributed by atoms with Gasteiger partial charge in [-0.05, 0) is 49.9 Å². The Balaban J connectivity index is 1.60. The van der Waals surface area contributed by atoms with Gasteiger partial charge in [0.15, 0.2) is 0 Å². The first-order chi connectivity index (χ1) is 16.6. The summed E-state index contributed by atoms with van der Waals surface area (Å²) in [4.78, 5) is 29.4. The predicted octanol–water partition coefficient (Wildman–Crippen LogP) is 3.33. The quantitative estimate of drug-likeness (QED) is 0.513. The number of hydrogen-bond acceptors (Lipinski definition) is 5. The van der Waals surface area contributed by atoms with Crippen molar-refractivity contribution in [2.24, 2.45) is 0 Å². The Labute approximate surface area is 197 Å². The number of aromatic nitrogens is 4. The summed E-state index contributed by atoms with van der Waals surface area (Å²) in [6, 6.07) is 7.19. The van der Waals surface area contributed by atoms with Gasteiger partial charge in [0.05, 0.1) is 29.7 Å². The van der Waals surface area contributed by atoms with Crippen molar-refractivity contribution in [1.82, 2.24) is 25.1 Å². The number of halogens is 4. The van der Waals surface area contributed by atoms with Gasteiger partial charge in [-0.15, -0.1) is 0 Å². The lowest BCUT2D eigenvalue weighted by molar-refractivity contribution is -0.128. The van der Waals surface area contributed by atoms with E-state index in [1.807, 2.05) is 5.10 Å². The number of carbonyl (C=O) groups is 1. The predicted molar refractivity (Wildman–Crippen MR) is 117 cm³/mol. The Morgan fingerprint density at radius 2 is 2.00 bits per heavy atom. The molecule has 1 aliphatic rings. The number of H-pyrrole nitrogens is 1. The maximum atomic E-state index is 13.4. The van der Waals surface area contributed by atoms with Crippen LogP contribution in [0, 0.1) is 12.7 Å². The highest BCUT2D eigenvalue weighted by Gasteiger charge is 2.36. The first-order valence-electron chi connectivity index (χ1n) is 11.0. The summed E-state index contributed by atoms with van der Waals surface area (Å²) in [6.07, 6.45) is -2.49. The zero-order valence-corrected chi connectivity index (χ0v) is 18.8. The Morgan fingerprint density at radius 3 is 2.66 bits per heavy atom. The monoisotopic (exact) mass is 493 g/mol. The molecular weight excluding hydrogens is 470 g/mol. The van der Waals surface area contributed by atoms with E-state index in [-0.39, 0.29) is 23.6 Å². The van der Waals surface area contributed by atoms with Gasteiger partial charge < -0.3 is 10.1 Å². The van der Waals surface area contributed by atoms with E-state index in [9.17, 15) is 27.2 Å². The molecule has 1 aromatic carbocycles. The standard InChI is InChI=1S/C23H23F4N5O3/c1-14-18(10-17(12-28-14)32-19(11-23(25,26)27)30-31-21(32)34)20(33)29-13-22(8-2-3-9-35-22)15-4-6-16(24)7-5-15/h4-7,10,12H,2-3,8-9,11,13H2,1H3,(H,29,33)(H,31,34). The molecule has 3 heterocycles. The van der Waals surface area contributed by atoms with E-state index in [4.69, 9.17) is 4.74 Å². The fourth-order valence-corrected chi connectivity index (χ4v) is 4.16. The maximum Gasteiger partial charge on any atom is 0.396 e. The minimum absolute atomic E-state index is 0.0269. The second-order valence-electron chi connectivity index (χ2n) is 8.39. The average molecular weight is 493 g/mol. The molecule has 0 aliphatic carbocycles. The van der Waals surface area contributed by atoms with E-state index in [1.165, 1.54) is 24.4 Å².